The molecule has 3 N–H and O–H groups in total. The van der Waals surface area contributed by atoms with E-state index < -0.39 is 34.5 Å². The molecule has 1 rings (SSSR count). The van der Waals surface area contributed by atoms with E-state index in [-0.39, 0.29) is 11.8 Å². The smallest absolute Gasteiger partial charge is 0.317 e. The summed E-state index contributed by atoms with van der Waals surface area (Å²) in [5, 5.41) is 23.1. The topological polar surface area (TPSA) is 119 Å². The molecule has 7 nitrogen and oxygen atoms in total. The predicted octanol–water partition coefficient (Wildman–Crippen LogP) is 3.04. The molecule has 8 heteroatoms. The van der Waals surface area contributed by atoms with Crippen molar-refractivity contribution in [2.75, 3.05) is 7.05 Å². The largest absolute Gasteiger partial charge is 0.480 e. The van der Waals surface area contributed by atoms with Crippen molar-refractivity contribution < 1.29 is 19.5 Å². The Morgan fingerprint density at radius 3 is 2.10 bits per heavy atom. The standard InChI is InChI=1S/C22H31N3O4S/c1-13(2)11-16(19(26)25-18(20(27)24-6)22(3,4)5)17(21(28)29)30-15-9-7-14(12-23)8-10-15/h7-10,13,16-18H,11H2,1-6H3,(H,24,27)(H,25,26)(H,28,29)/t16-,17+,18-/m1/s1. The molecule has 0 saturated carbocycles. The molecule has 0 bridgehead atoms. The molecule has 0 aliphatic heterocycles. The number of hydrogen-bond donors (Lipinski definition) is 3. The molecular weight excluding hydrogens is 402 g/mol. The van der Waals surface area contributed by atoms with Gasteiger partial charge in [-0.1, -0.05) is 34.6 Å². The molecule has 3 atom stereocenters. The highest BCUT2D eigenvalue weighted by Gasteiger charge is 2.39. The normalized spacial score (nSPS) is 14.3. The van der Waals surface area contributed by atoms with E-state index >= 15 is 0 Å². The number of aliphatic carboxylic acids is 1. The Balaban J connectivity index is 3.20. The van der Waals surface area contributed by atoms with Crippen LogP contribution in [0.4, 0.5) is 0 Å². The predicted molar refractivity (Wildman–Crippen MR) is 117 cm³/mol. The average molecular weight is 434 g/mol. The van der Waals surface area contributed by atoms with Gasteiger partial charge in [0.2, 0.25) is 11.8 Å². The first kappa shape index (κ1) is 25.5. The van der Waals surface area contributed by atoms with E-state index in [4.69, 9.17) is 5.26 Å². The molecular formula is C22H31N3O4S. The Labute approximate surface area is 182 Å². The number of benzene rings is 1. The first-order chi connectivity index (χ1) is 13.9. The lowest BCUT2D eigenvalue weighted by Crippen LogP contribution is -2.55. The third kappa shape index (κ3) is 7.38. The van der Waals surface area contributed by atoms with Crippen molar-refractivity contribution in [1.29, 1.82) is 5.26 Å². The van der Waals surface area contributed by atoms with E-state index in [1.54, 1.807) is 24.3 Å². The highest BCUT2D eigenvalue weighted by molar-refractivity contribution is 8.00. The van der Waals surface area contributed by atoms with Gasteiger partial charge in [0.25, 0.3) is 0 Å². The van der Waals surface area contributed by atoms with E-state index in [9.17, 15) is 19.5 Å². The number of nitrogens with zero attached hydrogens (tertiary/aromatic N) is 1. The average Bonchev–Trinajstić information content (AvgIpc) is 2.67. The minimum Gasteiger partial charge on any atom is -0.480 e. The van der Waals surface area contributed by atoms with Crippen LogP contribution in [0.15, 0.2) is 29.2 Å². The van der Waals surface area contributed by atoms with Gasteiger partial charge in [0.15, 0.2) is 0 Å². The Kier molecular flexibility index (Phi) is 9.37. The van der Waals surface area contributed by atoms with Crippen LogP contribution in [-0.2, 0) is 14.4 Å². The highest BCUT2D eigenvalue weighted by atomic mass is 32.2. The van der Waals surface area contributed by atoms with Gasteiger partial charge in [0.1, 0.15) is 11.3 Å². The van der Waals surface area contributed by atoms with Crippen LogP contribution in [0.1, 0.15) is 46.6 Å². The Hall–Kier alpha value is -2.53. The van der Waals surface area contributed by atoms with Crippen LogP contribution in [0, 0.1) is 28.6 Å². The minimum atomic E-state index is -1.10. The lowest BCUT2D eigenvalue weighted by molar-refractivity contribution is -0.141. The van der Waals surface area contributed by atoms with Gasteiger partial charge in [-0.3, -0.25) is 14.4 Å². The quantitative estimate of drug-likeness (QED) is 0.515. The third-order valence-electron chi connectivity index (χ3n) is 4.58. The van der Waals surface area contributed by atoms with Crippen molar-refractivity contribution in [3.05, 3.63) is 29.8 Å². The SMILES string of the molecule is CNC(=O)[C@@H](NC(=O)[C@H](CC(C)C)[C@H](Sc1ccc(C#N)cc1)C(=O)O)C(C)(C)C. The van der Waals surface area contributed by atoms with Crippen LogP contribution < -0.4 is 10.6 Å². The second kappa shape index (κ2) is 11.0. The lowest BCUT2D eigenvalue weighted by Gasteiger charge is -2.32. The summed E-state index contributed by atoms with van der Waals surface area (Å²) in [5.74, 6) is -2.64. The summed E-state index contributed by atoms with van der Waals surface area (Å²) in [5.41, 5.74) is -0.0711. The molecule has 0 heterocycles. The summed E-state index contributed by atoms with van der Waals surface area (Å²) in [6.45, 7) is 9.36. The number of carboxylic acid groups (broad SMARTS) is 1. The molecule has 2 amide bonds. The number of rotatable bonds is 9. The summed E-state index contributed by atoms with van der Waals surface area (Å²) < 4.78 is 0. The van der Waals surface area contributed by atoms with Gasteiger partial charge in [-0.25, -0.2) is 0 Å². The van der Waals surface area contributed by atoms with Gasteiger partial charge in [-0.2, -0.15) is 5.26 Å². The van der Waals surface area contributed by atoms with Gasteiger partial charge < -0.3 is 15.7 Å². The first-order valence-electron chi connectivity index (χ1n) is 9.82. The lowest BCUT2D eigenvalue weighted by atomic mass is 9.85. The van der Waals surface area contributed by atoms with Gasteiger partial charge in [0.05, 0.1) is 17.6 Å². The monoisotopic (exact) mass is 433 g/mol. The third-order valence-corrected chi connectivity index (χ3v) is 5.91. The maximum absolute atomic E-state index is 13.2. The number of carbonyl (C=O) groups is 3. The molecule has 1 aromatic rings. The van der Waals surface area contributed by atoms with E-state index in [1.807, 2.05) is 40.7 Å². The number of carboxylic acids is 1. The molecule has 0 aromatic heterocycles. The molecule has 0 radical (unpaired) electrons. The summed E-state index contributed by atoms with van der Waals surface area (Å²) in [4.78, 5) is 38.3. The van der Waals surface area contributed by atoms with E-state index in [0.717, 1.165) is 11.8 Å². The van der Waals surface area contributed by atoms with Crippen LogP contribution in [0.2, 0.25) is 0 Å². The Morgan fingerprint density at radius 2 is 1.70 bits per heavy atom. The van der Waals surface area contributed by atoms with Crippen molar-refractivity contribution in [3.63, 3.8) is 0 Å². The fourth-order valence-electron chi connectivity index (χ4n) is 3.00. The Morgan fingerprint density at radius 1 is 1.13 bits per heavy atom. The zero-order chi connectivity index (χ0) is 23.1. The number of amides is 2. The highest BCUT2D eigenvalue weighted by Crippen LogP contribution is 2.33. The molecule has 0 spiro atoms. The van der Waals surface area contributed by atoms with Gasteiger partial charge in [-0.15, -0.1) is 11.8 Å². The molecule has 1 aromatic carbocycles. The van der Waals surface area contributed by atoms with Crippen molar-refractivity contribution in [2.24, 2.45) is 17.3 Å². The zero-order valence-corrected chi connectivity index (χ0v) is 19.2. The van der Waals surface area contributed by atoms with Crippen molar-refractivity contribution >= 4 is 29.5 Å². The fourth-order valence-corrected chi connectivity index (χ4v) is 4.09. The molecule has 30 heavy (non-hydrogen) atoms. The molecule has 0 saturated heterocycles. The number of thioether (sulfide) groups is 1. The van der Waals surface area contributed by atoms with E-state index in [2.05, 4.69) is 10.6 Å². The van der Waals surface area contributed by atoms with Gasteiger partial charge in [-0.05, 0) is 42.0 Å². The number of hydrogen-bond acceptors (Lipinski definition) is 5. The molecule has 0 unspecified atom stereocenters. The summed E-state index contributed by atoms with van der Waals surface area (Å²) >= 11 is 1.07. The van der Waals surface area contributed by atoms with Crippen molar-refractivity contribution in [2.45, 2.75) is 57.2 Å². The van der Waals surface area contributed by atoms with E-state index in [0.29, 0.717) is 16.9 Å². The number of nitrogens with one attached hydrogen (secondary N) is 2. The van der Waals surface area contributed by atoms with Crippen LogP contribution >= 0.6 is 11.8 Å². The first-order valence-corrected chi connectivity index (χ1v) is 10.7. The molecule has 0 aliphatic rings. The maximum atomic E-state index is 13.2. The molecule has 0 fully saturated rings. The summed E-state index contributed by atoms with van der Waals surface area (Å²) in [7, 11) is 1.50. The van der Waals surface area contributed by atoms with Gasteiger partial charge >= 0.3 is 5.97 Å². The van der Waals surface area contributed by atoms with Crippen LogP contribution in [-0.4, -0.2) is 41.2 Å². The second-order valence-corrected chi connectivity index (χ2v) is 9.89. The van der Waals surface area contributed by atoms with Crippen LogP contribution in [0.25, 0.3) is 0 Å². The molecule has 0 aliphatic carbocycles. The second-order valence-electron chi connectivity index (χ2n) is 8.67. The Bertz CT molecular complexity index is 794. The van der Waals surface area contributed by atoms with Crippen LogP contribution in [0.3, 0.4) is 0 Å². The van der Waals surface area contributed by atoms with Crippen molar-refractivity contribution in [3.8, 4) is 6.07 Å². The fraction of sp³-hybridized carbons (Fsp3) is 0.545. The van der Waals surface area contributed by atoms with E-state index in [1.165, 1.54) is 7.05 Å². The maximum Gasteiger partial charge on any atom is 0.317 e. The zero-order valence-electron chi connectivity index (χ0n) is 18.4. The number of nitriles is 1. The van der Waals surface area contributed by atoms with Crippen LogP contribution in [0.5, 0.6) is 0 Å². The number of likely N-dealkylation sites (N-methyl/N-ethyl adjacent to an activating group) is 1. The summed E-state index contributed by atoms with van der Waals surface area (Å²) in [6.07, 6.45) is 0.358. The summed E-state index contributed by atoms with van der Waals surface area (Å²) in [6, 6.07) is 7.80. The number of carbonyl (C=O) groups excluding carboxylic acids is 2. The van der Waals surface area contributed by atoms with Gasteiger partial charge in [0, 0.05) is 11.9 Å². The van der Waals surface area contributed by atoms with Crippen molar-refractivity contribution in [1.82, 2.24) is 10.6 Å². The minimum absolute atomic E-state index is 0.0808. The molecule has 164 valence electrons.